The average molecular weight is 1450 g/mol. The SMILES string of the molecule is CC(C)C[C@H](CO)C(C)C.CCCC[C@H](CO)C(C)C.CCC[C@@H](C(C)C)C(F)(F)F.CCC[C@H](C(=O)OC)C(C)C.CCC[C@H](C(N)=O)C(C)C.CCC[C@H](C)C(C)C.CCC[C@H](CO)C(C)C.CC[C@@H](CC1CC1)C(C)C.CC[C@H](C)[C@H](CO)C(C)C.CSCC[C@H](CO)C(C)C. The monoisotopic (exact) mass is 1450 g/mol. The highest BCUT2D eigenvalue weighted by atomic mass is 32.2. The van der Waals surface area contributed by atoms with Crippen LogP contribution < -0.4 is 5.73 Å². The van der Waals surface area contributed by atoms with Crippen LogP contribution in [0.25, 0.3) is 0 Å². The quantitative estimate of drug-likeness (QED) is 0.0327. The Morgan fingerprint density at radius 2 is 0.818 bits per heavy atom. The lowest BCUT2D eigenvalue weighted by Gasteiger charge is -2.24. The van der Waals surface area contributed by atoms with Crippen molar-refractivity contribution < 1.29 is 53.0 Å². The van der Waals surface area contributed by atoms with E-state index in [1.54, 1.807) is 20.8 Å². The zero-order chi connectivity index (χ0) is 79.7. The molecule has 1 rings (SSSR count). The molecular formula is C86H184F3NO8S. The molecule has 0 saturated heterocycles. The Morgan fingerprint density at radius 3 is 1.00 bits per heavy atom. The minimum Gasteiger partial charge on any atom is -0.469 e. The van der Waals surface area contributed by atoms with Crippen molar-refractivity contribution in [2.45, 2.75) is 356 Å². The number of carbonyl (C=O) groups is 2. The van der Waals surface area contributed by atoms with Gasteiger partial charge in [-0.25, -0.2) is 0 Å². The number of hydrogen-bond donors (Lipinski definition) is 6. The first-order valence-corrected chi connectivity index (χ1v) is 42.3. The summed E-state index contributed by atoms with van der Waals surface area (Å²) in [5, 5.41) is 44.6. The summed E-state index contributed by atoms with van der Waals surface area (Å²) in [6.07, 6.45) is 21.0. The fourth-order valence-corrected chi connectivity index (χ4v) is 12.0. The summed E-state index contributed by atoms with van der Waals surface area (Å²) in [4.78, 5) is 21.9. The summed E-state index contributed by atoms with van der Waals surface area (Å²) in [6.45, 7) is 70.1. The van der Waals surface area contributed by atoms with Crippen LogP contribution in [0.4, 0.5) is 13.2 Å². The molecule has 0 spiro atoms. The standard InChI is InChI=1S/C10H20.C9H18O2.3C9H20O.C8H15F3.C8H17NO.C8H18OS.C8H18O.C8H18/c1-4-10(8(2)3)7-9-5-6-9;1-5-6-8(7(2)3)9(10)11-4;1-7(2)5-9(6-10)8(3)4;1-5-8(4)9(6-10)7(2)3;1-4-5-6-9(7-10)8(2)3;1-4-5-7(6(2)3)8(9,10)11;1-4-5-7(6(2)3)8(9)10;1-7(2)8(6-9)4-5-10-3;1-4-5-8(6-9)7(2)3;1-5-6-8(4)7(2)3/h8-10H,4-7H2,1-3H3;7-8H,5-6H2,1-4H3;2*7-10H,5-6H2,1-4H3;8-10H,4-7H2,1-3H3;6-7H,4-5H2,1-3H3;6-7H,4-5H2,1-3H3,(H2,9,10);7-9H,4-6H2,1-3H3;7-9H,4-6H2,1-3H3;7-8H,5-6H2,1-4H3/t10-;8-;9-;8-,9+;9-;2*7-;3*8-/m0010100110/s1. The summed E-state index contributed by atoms with van der Waals surface area (Å²) < 4.78 is 41.2. The lowest BCUT2D eigenvalue weighted by Crippen LogP contribution is -2.27. The smallest absolute Gasteiger partial charge is 0.392 e. The fourth-order valence-electron chi connectivity index (χ4n) is 11.5. The molecule has 0 aromatic heterocycles. The van der Waals surface area contributed by atoms with Crippen LogP contribution in [0.5, 0.6) is 0 Å². The number of ether oxygens (including phenoxy) is 1. The van der Waals surface area contributed by atoms with E-state index in [-0.39, 0.29) is 36.1 Å². The molecule has 7 N–H and O–H groups in total. The van der Waals surface area contributed by atoms with Crippen LogP contribution in [0.2, 0.25) is 0 Å². The van der Waals surface area contributed by atoms with Gasteiger partial charge in [0.15, 0.2) is 0 Å². The number of hydrogen-bond acceptors (Lipinski definition) is 9. The Morgan fingerprint density at radius 1 is 0.434 bits per heavy atom. The summed E-state index contributed by atoms with van der Waals surface area (Å²) in [5.74, 6) is 12.3. The van der Waals surface area contributed by atoms with Gasteiger partial charge in [0, 0.05) is 39.0 Å². The number of primary amides is 1. The van der Waals surface area contributed by atoms with E-state index in [0.717, 1.165) is 74.5 Å². The van der Waals surface area contributed by atoms with Gasteiger partial charge in [0.1, 0.15) is 0 Å². The van der Waals surface area contributed by atoms with E-state index in [1.165, 1.54) is 83.5 Å². The average Bonchev–Trinajstić information content (AvgIpc) is 1.58. The third-order valence-corrected chi connectivity index (χ3v) is 21.0. The van der Waals surface area contributed by atoms with Gasteiger partial charge in [-0.1, -0.05) is 299 Å². The molecule has 13 heteroatoms. The number of rotatable bonds is 40. The molecule has 1 saturated carbocycles. The first kappa shape index (κ1) is 116. The van der Waals surface area contributed by atoms with Crippen molar-refractivity contribution in [1.29, 1.82) is 0 Å². The second-order valence-electron chi connectivity index (χ2n) is 33.1. The molecule has 608 valence electrons. The largest absolute Gasteiger partial charge is 0.469 e. The highest BCUT2D eigenvalue weighted by Crippen LogP contribution is 2.38. The van der Waals surface area contributed by atoms with Gasteiger partial charge in [0.05, 0.1) is 18.9 Å². The minimum absolute atomic E-state index is 0.0677. The summed E-state index contributed by atoms with van der Waals surface area (Å²) in [6, 6.07) is 0. The van der Waals surface area contributed by atoms with Gasteiger partial charge < -0.3 is 36.0 Å². The van der Waals surface area contributed by atoms with Crippen molar-refractivity contribution in [3.63, 3.8) is 0 Å². The third-order valence-electron chi connectivity index (χ3n) is 20.4. The van der Waals surface area contributed by atoms with Gasteiger partial charge in [0.25, 0.3) is 0 Å². The number of methoxy groups -OCH3 is 1. The zero-order valence-corrected chi connectivity index (χ0v) is 73.6. The molecule has 1 aliphatic carbocycles. The van der Waals surface area contributed by atoms with Gasteiger partial charge >= 0.3 is 12.1 Å². The molecule has 0 heterocycles. The van der Waals surface area contributed by atoms with Crippen LogP contribution in [0, 0.1) is 136 Å². The van der Waals surface area contributed by atoms with Crippen LogP contribution in [0.1, 0.15) is 350 Å². The number of esters is 1. The lowest BCUT2D eigenvalue weighted by molar-refractivity contribution is -0.187. The van der Waals surface area contributed by atoms with Gasteiger partial charge in [-0.2, -0.15) is 24.9 Å². The number of thioether (sulfide) groups is 1. The van der Waals surface area contributed by atoms with Crippen LogP contribution >= 0.6 is 11.8 Å². The maximum Gasteiger partial charge on any atom is 0.392 e. The Balaban J connectivity index is -0.000000130. The molecule has 11 atom stereocenters. The first-order chi connectivity index (χ1) is 45.9. The van der Waals surface area contributed by atoms with E-state index in [0.29, 0.717) is 122 Å². The Kier molecular flexibility index (Phi) is 89.9. The van der Waals surface area contributed by atoms with Crippen LogP contribution in [0.15, 0.2) is 0 Å². The Hall–Kier alpha value is -1.12. The normalized spacial score (nSPS) is 15.3. The maximum absolute atomic E-state index is 12.2. The molecule has 1 fully saturated rings. The molecule has 99 heavy (non-hydrogen) atoms. The predicted octanol–water partition coefficient (Wildman–Crippen LogP) is 25.0. The number of carbonyl (C=O) groups excluding carboxylic acids is 2. The van der Waals surface area contributed by atoms with E-state index < -0.39 is 12.1 Å². The number of nitrogens with two attached hydrogens (primary N) is 1. The van der Waals surface area contributed by atoms with Gasteiger partial charge in [-0.3, -0.25) is 9.59 Å². The Labute approximate surface area is 623 Å². The molecule has 0 unspecified atom stereocenters. The van der Waals surface area contributed by atoms with E-state index in [1.807, 2.05) is 25.6 Å². The van der Waals surface area contributed by atoms with Crippen molar-refractivity contribution >= 4 is 23.6 Å². The highest BCUT2D eigenvalue weighted by Gasteiger charge is 2.40. The van der Waals surface area contributed by atoms with Crippen LogP contribution in [-0.2, 0) is 14.3 Å². The summed E-state index contributed by atoms with van der Waals surface area (Å²) in [5.41, 5.74) is 5.18. The van der Waals surface area contributed by atoms with Crippen molar-refractivity contribution in [3.05, 3.63) is 0 Å². The summed E-state index contributed by atoms with van der Waals surface area (Å²) >= 11 is 1.85. The second kappa shape index (κ2) is 76.5. The number of halogens is 3. The van der Waals surface area contributed by atoms with E-state index in [4.69, 9.17) is 31.3 Å². The molecule has 0 aromatic carbocycles. The molecule has 1 amide bonds. The fraction of sp³-hybridized carbons (Fsp3) is 0.977. The molecule has 1 aliphatic rings. The number of amides is 1. The van der Waals surface area contributed by atoms with Crippen molar-refractivity contribution in [3.8, 4) is 0 Å². The number of aliphatic hydroxyl groups is 5. The van der Waals surface area contributed by atoms with Gasteiger partial charge in [-0.15, -0.1) is 0 Å². The van der Waals surface area contributed by atoms with Gasteiger partial charge in [0.2, 0.25) is 5.91 Å². The number of aliphatic hydroxyl groups excluding tert-OH is 5. The summed E-state index contributed by atoms with van der Waals surface area (Å²) in [7, 11) is 1.45. The van der Waals surface area contributed by atoms with Crippen molar-refractivity contribution in [2.24, 2.45) is 142 Å². The molecule has 0 aromatic rings. The predicted molar refractivity (Wildman–Crippen MR) is 435 cm³/mol. The number of alkyl halides is 3. The third kappa shape index (κ3) is 76.3. The minimum atomic E-state index is -4.01. The van der Waals surface area contributed by atoms with E-state index in [2.05, 4.69) is 198 Å². The Bertz CT molecular complexity index is 1570. The van der Waals surface area contributed by atoms with E-state index >= 15 is 0 Å². The highest BCUT2D eigenvalue weighted by molar-refractivity contribution is 7.98. The molecular weight excluding hydrogens is 1260 g/mol. The van der Waals surface area contributed by atoms with Crippen LogP contribution in [-0.4, -0.2) is 95.7 Å². The van der Waals surface area contributed by atoms with E-state index in [9.17, 15) is 22.8 Å². The van der Waals surface area contributed by atoms with Crippen molar-refractivity contribution in [2.75, 3.05) is 52.2 Å². The lowest BCUT2D eigenvalue weighted by atomic mass is 9.84. The second-order valence-corrected chi connectivity index (χ2v) is 34.0. The molecule has 0 radical (unpaired) electrons. The molecule has 0 aliphatic heterocycles. The van der Waals surface area contributed by atoms with Crippen molar-refractivity contribution in [1.82, 2.24) is 0 Å². The van der Waals surface area contributed by atoms with Crippen LogP contribution in [0.3, 0.4) is 0 Å². The molecule has 9 nitrogen and oxygen atoms in total. The topological polar surface area (TPSA) is 171 Å². The maximum atomic E-state index is 12.2. The molecule has 0 bridgehead atoms. The zero-order valence-electron chi connectivity index (χ0n) is 72.7. The first-order valence-electron chi connectivity index (χ1n) is 40.9. The van der Waals surface area contributed by atoms with Gasteiger partial charge in [-0.05, 0) is 182 Å². The number of unbranched alkanes of at least 4 members (excludes halogenated alkanes) is 1.